The quantitative estimate of drug-likeness (QED) is 0.755. The van der Waals surface area contributed by atoms with Crippen LogP contribution in [-0.2, 0) is 11.2 Å². The van der Waals surface area contributed by atoms with Crippen LogP contribution < -0.4 is 19.5 Å². The fourth-order valence-electron chi connectivity index (χ4n) is 2.95. The predicted octanol–water partition coefficient (Wildman–Crippen LogP) is 3.63. The number of amides is 1. The SMILES string of the molecule is CCOc1cc2c(cc1NC(=O)COc1cccc(C(C)=O)c1)O[C@@H](C)C2. The second-order valence-corrected chi connectivity index (χ2v) is 6.44. The fraction of sp³-hybridized carbons (Fsp3) is 0.333. The first kappa shape index (κ1) is 18.8. The molecule has 2 aromatic rings. The molecule has 0 bridgehead atoms. The van der Waals surface area contributed by atoms with Gasteiger partial charge >= 0.3 is 0 Å². The van der Waals surface area contributed by atoms with Crippen molar-refractivity contribution in [2.24, 2.45) is 0 Å². The molecule has 1 amide bonds. The first-order valence-corrected chi connectivity index (χ1v) is 8.96. The Labute approximate surface area is 158 Å². The summed E-state index contributed by atoms with van der Waals surface area (Å²) in [6, 6.07) is 10.4. The molecule has 2 aromatic carbocycles. The van der Waals surface area contributed by atoms with E-state index in [2.05, 4.69) is 5.32 Å². The maximum Gasteiger partial charge on any atom is 0.262 e. The molecule has 1 N–H and O–H groups in total. The van der Waals surface area contributed by atoms with Crippen molar-refractivity contribution in [1.29, 1.82) is 0 Å². The van der Waals surface area contributed by atoms with Crippen LogP contribution >= 0.6 is 0 Å². The number of hydrogen-bond acceptors (Lipinski definition) is 5. The zero-order valence-electron chi connectivity index (χ0n) is 15.7. The van der Waals surface area contributed by atoms with Gasteiger partial charge in [0.05, 0.1) is 12.3 Å². The van der Waals surface area contributed by atoms with Gasteiger partial charge in [-0.2, -0.15) is 0 Å². The minimum Gasteiger partial charge on any atom is -0.492 e. The standard InChI is InChI=1S/C21H23NO5/c1-4-25-20-10-16-8-13(2)27-19(16)11-18(20)22-21(24)12-26-17-7-5-6-15(9-17)14(3)23/h5-7,9-11,13H,4,8,12H2,1-3H3,(H,22,24)/t13-/m0/s1. The lowest BCUT2D eigenvalue weighted by Crippen LogP contribution is -2.20. The lowest BCUT2D eigenvalue weighted by atomic mass is 10.1. The molecule has 142 valence electrons. The molecule has 3 rings (SSSR count). The van der Waals surface area contributed by atoms with Crippen LogP contribution in [0.25, 0.3) is 0 Å². The highest BCUT2D eigenvalue weighted by Crippen LogP contribution is 2.38. The summed E-state index contributed by atoms with van der Waals surface area (Å²) in [6.07, 6.45) is 0.927. The monoisotopic (exact) mass is 369 g/mol. The molecule has 0 fully saturated rings. The number of ketones is 1. The zero-order valence-corrected chi connectivity index (χ0v) is 15.7. The van der Waals surface area contributed by atoms with Gasteiger partial charge in [-0.05, 0) is 39.0 Å². The van der Waals surface area contributed by atoms with Gasteiger partial charge in [0.25, 0.3) is 5.91 Å². The van der Waals surface area contributed by atoms with E-state index in [-0.39, 0.29) is 24.4 Å². The van der Waals surface area contributed by atoms with Gasteiger partial charge in [0.2, 0.25) is 0 Å². The Bertz CT molecular complexity index is 862. The van der Waals surface area contributed by atoms with Gasteiger partial charge < -0.3 is 19.5 Å². The van der Waals surface area contributed by atoms with E-state index in [0.29, 0.717) is 29.4 Å². The lowest BCUT2D eigenvalue weighted by molar-refractivity contribution is -0.118. The van der Waals surface area contributed by atoms with Crippen LogP contribution in [0.5, 0.6) is 17.2 Å². The highest BCUT2D eigenvalue weighted by atomic mass is 16.5. The lowest BCUT2D eigenvalue weighted by Gasteiger charge is -2.14. The third kappa shape index (κ3) is 4.58. The molecule has 0 saturated heterocycles. The van der Waals surface area contributed by atoms with Gasteiger partial charge in [0.1, 0.15) is 23.4 Å². The number of hydrogen-bond donors (Lipinski definition) is 1. The number of ether oxygens (including phenoxy) is 3. The first-order chi connectivity index (χ1) is 13.0. The number of fused-ring (bicyclic) bond motifs is 1. The molecule has 6 nitrogen and oxygen atoms in total. The highest BCUT2D eigenvalue weighted by Gasteiger charge is 2.22. The minimum atomic E-state index is -0.324. The molecule has 0 aromatic heterocycles. The van der Waals surface area contributed by atoms with Crippen molar-refractivity contribution in [3.05, 3.63) is 47.5 Å². The van der Waals surface area contributed by atoms with Crippen LogP contribution in [0, 0.1) is 0 Å². The number of benzene rings is 2. The van der Waals surface area contributed by atoms with Crippen LogP contribution in [0.2, 0.25) is 0 Å². The van der Waals surface area contributed by atoms with Crippen molar-refractivity contribution in [2.75, 3.05) is 18.5 Å². The topological polar surface area (TPSA) is 73.9 Å². The summed E-state index contributed by atoms with van der Waals surface area (Å²) >= 11 is 0. The summed E-state index contributed by atoms with van der Waals surface area (Å²) in [6.45, 7) is 5.69. The molecular formula is C21H23NO5. The molecule has 27 heavy (non-hydrogen) atoms. The number of anilines is 1. The molecule has 0 spiro atoms. The number of nitrogens with one attached hydrogen (secondary N) is 1. The largest absolute Gasteiger partial charge is 0.492 e. The Morgan fingerprint density at radius 1 is 1.22 bits per heavy atom. The van der Waals surface area contributed by atoms with Crippen LogP contribution in [-0.4, -0.2) is 31.0 Å². The Morgan fingerprint density at radius 3 is 2.78 bits per heavy atom. The van der Waals surface area contributed by atoms with E-state index in [4.69, 9.17) is 14.2 Å². The number of carbonyl (C=O) groups excluding carboxylic acids is 2. The Hall–Kier alpha value is -3.02. The molecule has 0 radical (unpaired) electrons. The summed E-state index contributed by atoms with van der Waals surface area (Å²) < 4.78 is 16.9. The molecule has 1 aliphatic rings. The third-order valence-electron chi connectivity index (χ3n) is 4.18. The van der Waals surface area contributed by atoms with Gasteiger partial charge in [-0.25, -0.2) is 0 Å². The van der Waals surface area contributed by atoms with Crippen LogP contribution in [0.15, 0.2) is 36.4 Å². The second-order valence-electron chi connectivity index (χ2n) is 6.44. The maximum atomic E-state index is 12.3. The van der Waals surface area contributed by atoms with Crippen molar-refractivity contribution >= 4 is 17.4 Å². The minimum absolute atomic E-state index is 0.0568. The Balaban J connectivity index is 1.68. The van der Waals surface area contributed by atoms with Crippen molar-refractivity contribution in [2.45, 2.75) is 33.3 Å². The Morgan fingerprint density at radius 2 is 2.04 bits per heavy atom. The van der Waals surface area contributed by atoms with Gasteiger partial charge in [-0.15, -0.1) is 0 Å². The first-order valence-electron chi connectivity index (χ1n) is 8.96. The summed E-state index contributed by atoms with van der Waals surface area (Å²) in [4.78, 5) is 23.8. The van der Waals surface area contributed by atoms with Crippen LogP contribution in [0.3, 0.4) is 0 Å². The number of Topliss-reactive ketones (excluding diaryl/α,β-unsaturated/α-hetero) is 1. The molecule has 1 heterocycles. The smallest absolute Gasteiger partial charge is 0.262 e. The van der Waals surface area contributed by atoms with Crippen LogP contribution in [0.1, 0.15) is 36.7 Å². The Kier molecular flexibility index (Phi) is 5.64. The summed E-state index contributed by atoms with van der Waals surface area (Å²) in [7, 11) is 0. The van der Waals surface area contributed by atoms with Gasteiger partial charge in [0.15, 0.2) is 12.4 Å². The average Bonchev–Trinajstić information content (AvgIpc) is 2.99. The van der Waals surface area contributed by atoms with Crippen molar-refractivity contribution in [3.63, 3.8) is 0 Å². The van der Waals surface area contributed by atoms with E-state index in [1.807, 2.05) is 19.9 Å². The molecule has 6 heteroatoms. The van der Waals surface area contributed by atoms with E-state index < -0.39 is 0 Å². The number of carbonyl (C=O) groups is 2. The van der Waals surface area contributed by atoms with Gasteiger partial charge in [-0.1, -0.05) is 12.1 Å². The van der Waals surface area contributed by atoms with E-state index >= 15 is 0 Å². The van der Waals surface area contributed by atoms with E-state index in [9.17, 15) is 9.59 Å². The van der Waals surface area contributed by atoms with Crippen molar-refractivity contribution in [3.8, 4) is 17.2 Å². The maximum absolute atomic E-state index is 12.3. The average molecular weight is 369 g/mol. The molecule has 1 aliphatic heterocycles. The molecule has 0 unspecified atom stereocenters. The van der Waals surface area contributed by atoms with E-state index in [1.54, 1.807) is 30.3 Å². The van der Waals surface area contributed by atoms with E-state index in [0.717, 1.165) is 17.7 Å². The van der Waals surface area contributed by atoms with Gasteiger partial charge in [-0.3, -0.25) is 9.59 Å². The normalized spacial score (nSPS) is 14.9. The zero-order chi connectivity index (χ0) is 19.4. The van der Waals surface area contributed by atoms with Crippen LogP contribution in [0.4, 0.5) is 5.69 Å². The summed E-state index contributed by atoms with van der Waals surface area (Å²) in [5.41, 5.74) is 2.16. The molecule has 0 saturated carbocycles. The van der Waals surface area contributed by atoms with E-state index in [1.165, 1.54) is 6.92 Å². The number of rotatable bonds is 7. The second kappa shape index (κ2) is 8.12. The summed E-state index contributed by atoms with van der Waals surface area (Å²) in [5.74, 6) is 1.46. The summed E-state index contributed by atoms with van der Waals surface area (Å²) in [5, 5.41) is 2.81. The molecular weight excluding hydrogens is 346 g/mol. The predicted molar refractivity (Wildman–Crippen MR) is 102 cm³/mol. The van der Waals surface area contributed by atoms with Crippen molar-refractivity contribution < 1.29 is 23.8 Å². The van der Waals surface area contributed by atoms with Gasteiger partial charge in [0, 0.05) is 23.6 Å². The highest BCUT2D eigenvalue weighted by molar-refractivity contribution is 5.95. The molecule has 0 aliphatic carbocycles. The fourth-order valence-corrected chi connectivity index (χ4v) is 2.95. The third-order valence-corrected chi connectivity index (χ3v) is 4.18. The molecule has 1 atom stereocenters. The van der Waals surface area contributed by atoms with Crippen molar-refractivity contribution in [1.82, 2.24) is 0 Å².